The summed E-state index contributed by atoms with van der Waals surface area (Å²) in [5.74, 6) is -0.318. The number of anilines is 1. The fourth-order valence-corrected chi connectivity index (χ4v) is 2.91. The van der Waals surface area contributed by atoms with E-state index < -0.39 is 0 Å². The number of ether oxygens (including phenoxy) is 1. The van der Waals surface area contributed by atoms with Gasteiger partial charge in [-0.3, -0.25) is 9.59 Å². The molecule has 1 unspecified atom stereocenters. The summed E-state index contributed by atoms with van der Waals surface area (Å²) < 4.78 is 5.77. The third-order valence-electron chi connectivity index (χ3n) is 4.10. The molecule has 1 aliphatic heterocycles. The summed E-state index contributed by atoms with van der Waals surface area (Å²) in [6, 6.07) is 14.9. The van der Waals surface area contributed by atoms with Crippen molar-refractivity contribution in [1.82, 2.24) is 5.32 Å². The van der Waals surface area contributed by atoms with Gasteiger partial charge in [0.05, 0.1) is 19.1 Å². The molecule has 0 aliphatic carbocycles. The Balaban J connectivity index is 1.68. The second-order valence-corrected chi connectivity index (χ2v) is 5.72. The number of hydrogen-bond donors (Lipinski definition) is 2. The van der Waals surface area contributed by atoms with E-state index in [4.69, 9.17) is 4.74 Å². The number of carbonyl (C=O) groups excluding carboxylic acids is 2. The lowest BCUT2D eigenvalue weighted by atomic mass is 9.95. The average molecular weight is 324 g/mol. The fourth-order valence-electron chi connectivity index (χ4n) is 2.91. The highest BCUT2D eigenvalue weighted by Crippen LogP contribution is 2.29. The van der Waals surface area contributed by atoms with Crippen molar-refractivity contribution in [2.24, 2.45) is 0 Å². The van der Waals surface area contributed by atoms with E-state index in [-0.39, 0.29) is 24.3 Å². The number of carbonyl (C=O) groups is 2. The molecular formula is C19H20N2O3. The Hall–Kier alpha value is -2.66. The Morgan fingerprint density at radius 2 is 2.00 bits per heavy atom. The van der Waals surface area contributed by atoms with Crippen LogP contribution in [0.3, 0.4) is 0 Å². The normalized spacial score (nSPS) is 16.1. The Labute approximate surface area is 141 Å². The predicted octanol–water partition coefficient (Wildman–Crippen LogP) is 2.69. The highest BCUT2D eigenvalue weighted by atomic mass is 16.5. The molecule has 2 aromatic rings. The van der Waals surface area contributed by atoms with E-state index in [0.29, 0.717) is 17.9 Å². The fraction of sp³-hybridized carbons (Fsp3) is 0.263. The molecule has 24 heavy (non-hydrogen) atoms. The zero-order valence-corrected chi connectivity index (χ0v) is 13.5. The lowest BCUT2D eigenvalue weighted by Gasteiger charge is -2.25. The van der Waals surface area contributed by atoms with Gasteiger partial charge in [0.15, 0.2) is 0 Å². The summed E-state index contributed by atoms with van der Waals surface area (Å²) in [6.07, 6.45) is 0.904. The van der Waals surface area contributed by atoms with E-state index >= 15 is 0 Å². The average Bonchev–Trinajstić information content (AvgIpc) is 2.61. The predicted molar refractivity (Wildman–Crippen MR) is 91.9 cm³/mol. The number of hydrogen-bond acceptors (Lipinski definition) is 3. The number of amides is 2. The first-order valence-electron chi connectivity index (χ1n) is 7.99. The second kappa shape index (κ2) is 7.27. The highest BCUT2D eigenvalue weighted by Gasteiger charge is 2.23. The van der Waals surface area contributed by atoms with Gasteiger partial charge in [0.1, 0.15) is 0 Å². The lowest BCUT2D eigenvalue weighted by molar-refractivity contribution is -0.119. The van der Waals surface area contributed by atoms with Crippen molar-refractivity contribution in [3.05, 3.63) is 65.2 Å². The number of benzene rings is 2. The maximum atomic E-state index is 12.3. The molecule has 2 aromatic carbocycles. The van der Waals surface area contributed by atoms with Gasteiger partial charge in [0.25, 0.3) is 5.91 Å². The van der Waals surface area contributed by atoms with Gasteiger partial charge < -0.3 is 15.4 Å². The highest BCUT2D eigenvalue weighted by molar-refractivity contribution is 5.97. The van der Waals surface area contributed by atoms with Crippen molar-refractivity contribution in [1.29, 1.82) is 0 Å². The van der Waals surface area contributed by atoms with Crippen LogP contribution in [0.2, 0.25) is 0 Å². The van der Waals surface area contributed by atoms with E-state index in [2.05, 4.69) is 16.7 Å². The van der Waals surface area contributed by atoms with E-state index in [0.717, 1.165) is 12.0 Å². The SMILES string of the molecule is CNC(=O)c1cccc(NC(=O)CC2OCCc3ccccc32)c1. The third-order valence-corrected chi connectivity index (χ3v) is 4.10. The molecule has 0 radical (unpaired) electrons. The van der Waals surface area contributed by atoms with Crippen molar-refractivity contribution < 1.29 is 14.3 Å². The summed E-state index contributed by atoms with van der Waals surface area (Å²) in [7, 11) is 1.57. The van der Waals surface area contributed by atoms with Crippen molar-refractivity contribution in [3.63, 3.8) is 0 Å². The van der Waals surface area contributed by atoms with E-state index in [9.17, 15) is 9.59 Å². The van der Waals surface area contributed by atoms with Crippen molar-refractivity contribution in [2.75, 3.05) is 19.0 Å². The largest absolute Gasteiger partial charge is 0.373 e. The summed E-state index contributed by atoms with van der Waals surface area (Å²) in [6.45, 7) is 0.626. The summed E-state index contributed by atoms with van der Waals surface area (Å²) in [5.41, 5.74) is 3.43. The first-order chi connectivity index (χ1) is 11.7. The van der Waals surface area contributed by atoms with Crippen LogP contribution in [0.4, 0.5) is 5.69 Å². The first-order valence-corrected chi connectivity index (χ1v) is 7.99. The Morgan fingerprint density at radius 3 is 2.83 bits per heavy atom. The molecule has 0 saturated heterocycles. The molecule has 1 atom stereocenters. The minimum absolute atomic E-state index is 0.134. The van der Waals surface area contributed by atoms with Crippen LogP contribution in [0, 0.1) is 0 Å². The summed E-state index contributed by atoms with van der Waals surface area (Å²) >= 11 is 0. The monoisotopic (exact) mass is 324 g/mol. The third kappa shape index (κ3) is 3.63. The molecule has 124 valence electrons. The minimum atomic E-state index is -0.225. The standard InChI is InChI=1S/C19H20N2O3/c1-20-19(23)14-6-4-7-15(11-14)21-18(22)12-17-16-8-3-2-5-13(16)9-10-24-17/h2-8,11,17H,9-10,12H2,1H3,(H,20,23)(H,21,22). The van der Waals surface area contributed by atoms with Crippen LogP contribution in [0.1, 0.15) is 34.0 Å². The maximum absolute atomic E-state index is 12.3. The molecule has 3 rings (SSSR count). The number of nitrogens with one attached hydrogen (secondary N) is 2. The molecule has 0 aromatic heterocycles. The molecule has 0 bridgehead atoms. The molecule has 1 aliphatic rings. The molecule has 5 nitrogen and oxygen atoms in total. The molecule has 5 heteroatoms. The van der Waals surface area contributed by atoms with Crippen LogP contribution in [0.25, 0.3) is 0 Å². The van der Waals surface area contributed by atoms with Gasteiger partial charge in [-0.25, -0.2) is 0 Å². The van der Waals surface area contributed by atoms with Gasteiger partial charge in [0, 0.05) is 18.3 Å². The maximum Gasteiger partial charge on any atom is 0.251 e. The van der Waals surface area contributed by atoms with Gasteiger partial charge >= 0.3 is 0 Å². The molecule has 2 N–H and O–H groups in total. The number of rotatable bonds is 4. The zero-order valence-electron chi connectivity index (χ0n) is 13.5. The van der Waals surface area contributed by atoms with E-state index in [1.165, 1.54) is 5.56 Å². The van der Waals surface area contributed by atoms with Crippen LogP contribution in [0.15, 0.2) is 48.5 Å². The molecule has 0 fully saturated rings. The zero-order chi connectivity index (χ0) is 16.9. The van der Waals surface area contributed by atoms with Gasteiger partial charge in [-0.15, -0.1) is 0 Å². The summed E-state index contributed by atoms with van der Waals surface area (Å²) in [5, 5.41) is 5.41. The van der Waals surface area contributed by atoms with Crippen LogP contribution in [0.5, 0.6) is 0 Å². The topological polar surface area (TPSA) is 67.4 Å². The van der Waals surface area contributed by atoms with Gasteiger partial charge in [-0.2, -0.15) is 0 Å². The van der Waals surface area contributed by atoms with Gasteiger partial charge in [-0.05, 0) is 35.7 Å². The van der Waals surface area contributed by atoms with Crippen LogP contribution >= 0.6 is 0 Å². The van der Waals surface area contributed by atoms with Crippen molar-refractivity contribution in [3.8, 4) is 0 Å². The Morgan fingerprint density at radius 1 is 1.17 bits per heavy atom. The van der Waals surface area contributed by atoms with Gasteiger partial charge in [-0.1, -0.05) is 30.3 Å². The molecule has 1 heterocycles. The molecule has 2 amide bonds. The quantitative estimate of drug-likeness (QED) is 0.908. The molecule has 0 spiro atoms. The van der Waals surface area contributed by atoms with Gasteiger partial charge in [0.2, 0.25) is 5.91 Å². The molecular weight excluding hydrogens is 304 g/mol. The second-order valence-electron chi connectivity index (χ2n) is 5.72. The summed E-state index contributed by atoms with van der Waals surface area (Å²) in [4.78, 5) is 24.0. The number of fused-ring (bicyclic) bond motifs is 1. The van der Waals surface area contributed by atoms with Crippen molar-refractivity contribution >= 4 is 17.5 Å². The van der Waals surface area contributed by atoms with Crippen LogP contribution in [-0.4, -0.2) is 25.5 Å². The van der Waals surface area contributed by atoms with E-state index in [1.54, 1.807) is 31.3 Å². The van der Waals surface area contributed by atoms with Crippen LogP contribution in [-0.2, 0) is 16.0 Å². The lowest BCUT2D eigenvalue weighted by Crippen LogP contribution is -2.22. The smallest absolute Gasteiger partial charge is 0.251 e. The Kier molecular flexibility index (Phi) is 4.91. The molecule has 0 saturated carbocycles. The Bertz CT molecular complexity index is 758. The first kappa shape index (κ1) is 16.2. The van der Waals surface area contributed by atoms with Crippen LogP contribution < -0.4 is 10.6 Å². The minimum Gasteiger partial charge on any atom is -0.373 e. The van der Waals surface area contributed by atoms with E-state index in [1.807, 2.05) is 18.2 Å². The van der Waals surface area contributed by atoms with Crippen molar-refractivity contribution in [2.45, 2.75) is 18.9 Å².